The number of aliphatic hydroxyl groups is 1. The highest BCUT2D eigenvalue weighted by atomic mass is 32.2. The largest absolute Gasteiger partial charge is 0.395 e. The van der Waals surface area contributed by atoms with Crippen LogP contribution in [0.4, 0.5) is 17.5 Å². The van der Waals surface area contributed by atoms with Gasteiger partial charge in [0.1, 0.15) is 5.82 Å². The number of β-amino-alcohol motifs (C(OH)–C–C–N with tert-alkyl or cyclic N) is 1. The minimum absolute atomic E-state index is 0.220. The predicted octanol–water partition coefficient (Wildman–Crippen LogP) is 0.429. The highest BCUT2D eigenvalue weighted by molar-refractivity contribution is 7.98. The highest BCUT2D eigenvalue weighted by Gasteiger charge is 2.21. The summed E-state index contributed by atoms with van der Waals surface area (Å²) in [6.45, 7) is 8.31. The summed E-state index contributed by atoms with van der Waals surface area (Å²) < 4.78 is 0. The number of rotatable bonds is 6. The zero-order valence-corrected chi connectivity index (χ0v) is 17.6. The predicted molar refractivity (Wildman–Crippen MR) is 116 cm³/mol. The van der Waals surface area contributed by atoms with Crippen LogP contribution in [0.3, 0.4) is 0 Å². The van der Waals surface area contributed by atoms with E-state index >= 15 is 0 Å². The molecule has 2 aromatic heterocycles. The van der Waals surface area contributed by atoms with Crippen LogP contribution in [-0.4, -0.2) is 102 Å². The lowest BCUT2D eigenvalue weighted by Crippen LogP contribution is -2.48. The van der Waals surface area contributed by atoms with Crippen LogP contribution in [0.1, 0.15) is 0 Å². The van der Waals surface area contributed by atoms with Crippen molar-refractivity contribution >= 4 is 29.2 Å². The summed E-state index contributed by atoms with van der Waals surface area (Å²) in [5.74, 6) is 2.85. The molecule has 10 heteroatoms. The van der Waals surface area contributed by atoms with Gasteiger partial charge in [0, 0.05) is 65.1 Å². The molecule has 2 saturated heterocycles. The average molecular weight is 417 g/mol. The van der Waals surface area contributed by atoms with Crippen molar-refractivity contribution < 1.29 is 5.11 Å². The van der Waals surface area contributed by atoms with Gasteiger partial charge in [-0.1, -0.05) is 11.8 Å². The van der Waals surface area contributed by atoms with E-state index in [1.54, 1.807) is 11.8 Å². The first-order chi connectivity index (χ1) is 14.3. The lowest BCUT2D eigenvalue weighted by molar-refractivity contribution is 0.188. The summed E-state index contributed by atoms with van der Waals surface area (Å²) in [5, 5.41) is 18.8. The molecule has 0 atom stereocenters. The van der Waals surface area contributed by atoms with E-state index in [1.807, 2.05) is 18.5 Å². The van der Waals surface area contributed by atoms with Gasteiger partial charge in [-0.2, -0.15) is 0 Å². The van der Waals surface area contributed by atoms with Gasteiger partial charge in [-0.15, -0.1) is 10.2 Å². The Morgan fingerprint density at radius 3 is 1.90 bits per heavy atom. The molecular weight excluding hydrogens is 388 g/mol. The smallest absolute Gasteiger partial charge is 0.189 e. The van der Waals surface area contributed by atoms with Gasteiger partial charge < -0.3 is 19.8 Å². The second-order valence-corrected chi connectivity index (χ2v) is 7.95. The normalized spacial score (nSPS) is 18.3. The molecule has 156 valence electrons. The number of thioether (sulfide) groups is 1. The van der Waals surface area contributed by atoms with Gasteiger partial charge in [-0.3, -0.25) is 4.90 Å². The molecule has 2 aromatic rings. The van der Waals surface area contributed by atoms with Gasteiger partial charge in [-0.25, -0.2) is 9.97 Å². The van der Waals surface area contributed by atoms with E-state index < -0.39 is 0 Å². The maximum Gasteiger partial charge on any atom is 0.189 e. The number of piperazine rings is 2. The van der Waals surface area contributed by atoms with Gasteiger partial charge in [0.05, 0.1) is 6.61 Å². The molecule has 0 aliphatic carbocycles. The molecule has 0 unspecified atom stereocenters. The van der Waals surface area contributed by atoms with Gasteiger partial charge in [-0.05, 0) is 24.5 Å². The summed E-state index contributed by atoms with van der Waals surface area (Å²) in [5.41, 5.74) is 0. The molecule has 2 fully saturated rings. The Hall–Kier alpha value is -2.17. The van der Waals surface area contributed by atoms with Crippen LogP contribution in [0.15, 0.2) is 29.6 Å². The van der Waals surface area contributed by atoms with Gasteiger partial charge in [0.15, 0.2) is 16.8 Å². The average Bonchev–Trinajstić information content (AvgIpc) is 2.80. The molecule has 2 aliphatic rings. The fraction of sp³-hybridized carbons (Fsp3) is 0.579. The number of hydrogen-bond donors (Lipinski definition) is 1. The van der Waals surface area contributed by atoms with Crippen LogP contribution < -0.4 is 14.7 Å². The third-order valence-corrected chi connectivity index (χ3v) is 6.04. The number of aromatic nitrogens is 4. The Morgan fingerprint density at radius 2 is 1.38 bits per heavy atom. The third-order valence-electron chi connectivity index (χ3n) is 5.48. The molecule has 2 aliphatic heterocycles. The Labute approximate surface area is 175 Å². The minimum Gasteiger partial charge on any atom is -0.395 e. The fourth-order valence-corrected chi connectivity index (χ4v) is 4.12. The Morgan fingerprint density at radius 1 is 0.828 bits per heavy atom. The monoisotopic (exact) mass is 416 g/mol. The van der Waals surface area contributed by atoms with E-state index in [4.69, 9.17) is 5.11 Å². The van der Waals surface area contributed by atoms with E-state index in [-0.39, 0.29) is 6.61 Å². The van der Waals surface area contributed by atoms with E-state index in [0.717, 1.165) is 81.5 Å². The van der Waals surface area contributed by atoms with Crippen molar-refractivity contribution in [3.05, 3.63) is 24.4 Å². The topological polar surface area (TPSA) is 84.8 Å². The van der Waals surface area contributed by atoms with E-state index in [2.05, 4.69) is 51.9 Å². The van der Waals surface area contributed by atoms with Crippen LogP contribution in [-0.2, 0) is 0 Å². The quantitative estimate of drug-likeness (QED) is 0.528. The maximum atomic E-state index is 9.07. The van der Waals surface area contributed by atoms with Gasteiger partial charge >= 0.3 is 0 Å². The molecule has 4 rings (SSSR count). The summed E-state index contributed by atoms with van der Waals surface area (Å²) >= 11 is 1.56. The molecule has 0 spiro atoms. The Balaban J connectivity index is 1.31. The van der Waals surface area contributed by atoms with E-state index in [1.165, 1.54) is 0 Å². The van der Waals surface area contributed by atoms with Crippen molar-refractivity contribution in [3.8, 4) is 0 Å². The molecule has 9 nitrogen and oxygen atoms in total. The summed E-state index contributed by atoms with van der Waals surface area (Å²) in [7, 11) is 0. The second-order valence-electron chi connectivity index (χ2n) is 7.18. The molecule has 29 heavy (non-hydrogen) atoms. The minimum atomic E-state index is 0.220. The lowest BCUT2D eigenvalue weighted by atomic mass is 10.3. The SMILES string of the molecule is CSc1nccc(N2CCN(c3ccc(N4CCN(CCO)CC4)nn3)CC2)n1. The molecule has 4 heterocycles. The zero-order valence-electron chi connectivity index (χ0n) is 16.8. The molecular formula is C19H28N8OS. The Bertz CT molecular complexity index is 776. The van der Waals surface area contributed by atoms with Crippen LogP contribution in [0.5, 0.6) is 0 Å². The molecule has 0 amide bonds. The van der Waals surface area contributed by atoms with Crippen molar-refractivity contribution in [1.29, 1.82) is 0 Å². The van der Waals surface area contributed by atoms with Crippen LogP contribution in [0.25, 0.3) is 0 Å². The van der Waals surface area contributed by atoms with Crippen molar-refractivity contribution in [1.82, 2.24) is 25.1 Å². The highest BCUT2D eigenvalue weighted by Crippen LogP contribution is 2.20. The first kappa shape index (κ1) is 20.1. The fourth-order valence-electron chi connectivity index (χ4n) is 3.77. The first-order valence-corrected chi connectivity index (χ1v) is 11.3. The number of anilines is 3. The summed E-state index contributed by atoms with van der Waals surface area (Å²) in [6, 6.07) is 6.13. The second kappa shape index (κ2) is 9.55. The van der Waals surface area contributed by atoms with Crippen LogP contribution in [0, 0.1) is 0 Å². The van der Waals surface area contributed by atoms with Crippen molar-refractivity contribution in [2.75, 3.05) is 86.5 Å². The van der Waals surface area contributed by atoms with E-state index in [9.17, 15) is 0 Å². The third kappa shape index (κ3) is 4.88. The summed E-state index contributed by atoms with van der Waals surface area (Å²) in [6.07, 6.45) is 3.82. The molecule has 0 saturated carbocycles. The van der Waals surface area contributed by atoms with Crippen LogP contribution >= 0.6 is 11.8 Å². The number of hydrogen-bond acceptors (Lipinski definition) is 10. The van der Waals surface area contributed by atoms with Gasteiger partial charge in [0.25, 0.3) is 0 Å². The molecule has 0 bridgehead atoms. The van der Waals surface area contributed by atoms with Crippen molar-refractivity contribution in [3.63, 3.8) is 0 Å². The molecule has 0 radical (unpaired) electrons. The zero-order chi connectivity index (χ0) is 20.1. The standard InChI is InChI=1S/C19H28N8OS/c1-29-19-20-5-4-16(21-19)25-10-12-27(13-11-25)18-3-2-17(22-23-18)26-8-6-24(7-9-26)14-15-28/h2-5,28H,6-15H2,1H3. The van der Waals surface area contributed by atoms with Gasteiger partial charge in [0.2, 0.25) is 0 Å². The first-order valence-electron chi connectivity index (χ1n) is 10.1. The lowest BCUT2D eigenvalue weighted by Gasteiger charge is -2.36. The van der Waals surface area contributed by atoms with Crippen LogP contribution in [0.2, 0.25) is 0 Å². The molecule has 0 aromatic carbocycles. The van der Waals surface area contributed by atoms with Crippen molar-refractivity contribution in [2.24, 2.45) is 0 Å². The number of nitrogens with zero attached hydrogens (tertiary/aromatic N) is 8. The van der Waals surface area contributed by atoms with E-state index in [0.29, 0.717) is 0 Å². The Kier molecular flexibility index (Phi) is 6.63. The maximum absolute atomic E-state index is 9.07. The molecule has 1 N–H and O–H groups in total. The number of aliphatic hydroxyl groups excluding tert-OH is 1. The van der Waals surface area contributed by atoms with Crippen molar-refractivity contribution in [2.45, 2.75) is 5.16 Å². The summed E-state index contributed by atoms with van der Waals surface area (Å²) in [4.78, 5) is 18.0.